The second kappa shape index (κ2) is 6.36. The van der Waals surface area contributed by atoms with Gasteiger partial charge in [0.15, 0.2) is 0 Å². The quantitative estimate of drug-likeness (QED) is 0.904. The topological polar surface area (TPSA) is 35.6 Å². The van der Waals surface area contributed by atoms with Gasteiger partial charge in [-0.3, -0.25) is 4.79 Å². The average Bonchev–Trinajstić information content (AvgIpc) is 2.87. The second-order valence-corrected chi connectivity index (χ2v) is 6.69. The van der Waals surface area contributed by atoms with Gasteiger partial charge in [-0.15, -0.1) is 0 Å². The summed E-state index contributed by atoms with van der Waals surface area (Å²) in [6, 6.07) is 6.90. The highest BCUT2D eigenvalue weighted by Crippen LogP contribution is 2.30. The predicted molar refractivity (Wildman–Crippen MR) is 88.5 cm³/mol. The maximum Gasteiger partial charge on any atom is 0.223 e. The Balaban J connectivity index is 1.80. The Labute approximate surface area is 134 Å². The summed E-state index contributed by atoms with van der Waals surface area (Å²) in [4.78, 5) is 16.3. The Morgan fingerprint density at radius 1 is 1.38 bits per heavy atom. The van der Waals surface area contributed by atoms with Crippen molar-refractivity contribution in [3.63, 3.8) is 0 Å². The number of amides is 1. The summed E-state index contributed by atoms with van der Waals surface area (Å²) in [7, 11) is 0. The fourth-order valence-corrected chi connectivity index (χ4v) is 3.67. The zero-order valence-corrected chi connectivity index (χ0v) is 14.0. The Morgan fingerprint density at radius 3 is 3.05 bits per heavy atom. The van der Waals surface area contributed by atoms with Crippen LogP contribution < -0.4 is 10.2 Å². The summed E-state index contributed by atoms with van der Waals surface area (Å²) in [6.45, 7) is 6.74. The average molecular weight is 352 g/mol. The largest absolute Gasteiger partial charge is 0.367 e. The van der Waals surface area contributed by atoms with Gasteiger partial charge in [0.25, 0.3) is 0 Å². The highest BCUT2D eigenvalue weighted by atomic mass is 79.9. The van der Waals surface area contributed by atoms with Crippen molar-refractivity contribution in [2.75, 3.05) is 31.1 Å². The molecule has 5 heteroatoms. The fourth-order valence-electron chi connectivity index (χ4n) is 3.32. The van der Waals surface area contributed by atoms with Crippen LogP contribution in [0.4, 0.5) is 5.69 Å². The number of rotatable bonds is 4. The van der Waals surface area contributed by atoms with Crippen molar-refractivity contribution in [2.24, 2.45) is 0 Å². The van der Waals surface area contributed by atoms with Gasteiger partial charge in [-0.25, -0.2) is 0 Å². The molecule has 21 heavy (non-hydrogen) atoms. The van der Waals surface area contributed by atoms with Gasteiger partial charge in [-0.1, -0.05) is 28.9 Å². The highest BCUT2D eigenvalue weighted by Gasteiger charge is 2.35. The third-order valence-electron chi connectivity index (χ3n) is 4.45. The molecule has 1 N–H and O–H groups in total. The first-order valence-electron chi connectivity index (χ1n) is 7.72. The van der Waals surface area contributed by atoms with Crippen molar-refractivity contribution < 1.29 is 4.79 Å². The van der Waals surface area contributed by atoms with Crippen LogP contribution in [0.25, 0.3) is 0 Å². The van der Waals surface area contributed by atoms with E-state index in [-0.39, 0.29) is 0 Å². The van der Waals surface area contributed by atoms with Crippen molar-refractivity contribution in [1.29, 1.82) is 0 Å². The molecular weight excluding hydrogens is 330 g/mol. The number of anilines is 1. The van der Waals surface area contributed by atoms with Gasteiger partial charge in [0.1, 0.15) is 0 Å². The van der Waals surface area contributed by atoms with E-state index < -0.39 is 0 Å². The summed E-state index contributed by atoms with van der Waals surface area (Å²) in [5.74, 6) is 0.335. The van der Waals surface area contributed by atoms with Gasteiger partial charge < -0.3 is 15.1 Å². The molecule has 1 amide bonds. The first kappa shape index (κ1) is 14.9. The van der Waals surface area contributed by atoms with Crippen LogP contribution in [-0.4, -0.2) is 43.0 Å². The number of nitrogens with zero attached hydrogens (tertiary/aromatic N) is 2. The van der Waals surface area contributed by atoms with E-state index in [1.165, 1.54) is 11.3 Å². The van der Waals surface area contributed by atoms with Crippen LogP contribution in [0, 0.1) is 0 Å². The van der Waals surface area contributed by atoms with Crippen molar-refractivity contribution in [3.05, 3.63) is 28.2 Å². The SMILES string of the molecule is CCNCc1ccc(Br)cc1N1CCN2C(=O)CCC2C1. The molecular formula is C16H22BrN3O. The van der Waals surface area contributed by atoms with Crippen molar-refractivity contribution >= 4 is 27.5 Å². The lowest BCUT2D eigenvalue weighted by atomic mass is 10.1. The van der Waals surface area contributed by atoms with Gasteiger partial charge in [0, 0.05) is 48.8 Å². The predicted octanol–water partition coefficient (Wildman–Crippen LogP) is 2.37. The van der Waals surface area contributed by atoms with Crippen LogP contribution in [0.2, 0.25) is 0 Å². The number of hydrogen-bond acceptors (Lipinski definition) is 3. The zero-order chi connectivity index (χ0) is 14.8. The molecule has 3 rings (SSSR count). The van der Waals surface area contributed by atoms with Crippen molar-refractivity contribution in [1.82, 2.24) is 10.2 Å². The molecule has 2 saturated heterocycles. The number of halogens is 1. The van der Waals surface area contributed by atoms with Crippen molar-refractivity contribution in [3.8, 4) is 0 Å². The Kier molecular flexibility index (Phi) is 4.50. The van der Waals surface area contributed by atoms with Crippen LogP contribution in [0.15, 0.2) is 22.7 Å². The van der Waals surface area contributed by atoms with Crippen LogP contribution in [0.3, 0.4) is 0 Å². The molecule has 0 saturated carbocycles. The minimum atomic E-state index is 0.335. The minimum Gasteiger partial charge on any atom is -0.367 e. The molecule has 2 heterocycles. The molecule has 1 aromatic rings. The number of fused-ring (bicyclic) bond motifs is 1. The Hall–Kier alpha value is -1.07. The van der Waals surface area contributed by atoms with Crippen molar-refractivity contribution in [2.45, 2.75) is 32.4 Å². The molecule has 2 aliphatic heterocycles. The highest BCUT2D eigenvalue weighted by molar-refractivity contribution is 9.10. The molecule has 4 nitrogen and oxygen atoms in total. The van der Waals surface area contributed by atoms with Gasteiger partial charge in [0.2, 0.25) is 5.91 Å². The molecule has 0 aromatic heterocycles. The first-order valence-corrected chi connectivity index (χ1v) is 8.52. The maximum absolute atomic E-state index is 11.8. The molecule has 1 aromatic carbocycles. The third-order valence-corrected chi connectivity index (χ3v) is 4.94. The number of carbonyl (C=O) groups is 1. The Morgan fingerprint density at radius 2 is 2.24 bits per heavy atom. The minimum absolute atomic E-state index is 0.335. The van der Waals surface area contributed by atoms with Gasteiger partial charge in [0.05, 0.1) is 0 Å². The smallest absolute Gasteiger partial charge is 0.223 e. The summed E-state index contributed by atoms with van der Waals surface area (Å²) >= 11 is 3.59. The van der Waals surface area contributed by atoms with E-state index in [4.69, 9.17) is 0 Å². The van der Waals surface area contributed by atoms with Gasteiger partial charge >= 0.3 is 0 Å². The van der Waals surface area contributed by atoms with Crippen LogP contribution in [-0.2, 0) is 11.3 Å². The number of hydrogen-bond donors (Lipinski definition) is 1. The number of piperazine rings is 1. The van der Waals surface area contributed by atoms with Gasteiger partial charge in [-0.05, 0) is 30.7 Å². The molecule has 2 fully saturated rings. The zero-order valence-electron chi connectivity index (χ0n) is 12.4. The molecule has 0 bridgehead atoms. The summed E-state index contributed by atoms with van der Waals surface area (Å²) in [6.07, 6.45) is 1.73. The van der Waals surface area contributed by atoms with E-state index >= 15 is 0 Å². The fraction of sp³-hybridized carbons (Fsp3) is 0.562. The molecule has 114 valence electrons. The number of carbonyl (C=O) groups excluding carboxylic acids is 1. The number of benzene rings is 1. The van der Waals surface area contributed by atoms with E-state index in [1.807, 2.05) is 0 Å². The van der Waals surface area contributed by atoms with Crippen LogP contribution >= 0.6 is 15.9 Å². The normalized spacial score (nSPS) is 21.8. The maximum atomic E-state index is 11.8. The lowest BCUT2D eigenvalue weighted by Gasteiger charge is -2.39. The number of nitrogens with one attached hydrogen (secondary N) is 1. The molecule has 0 aliphatic carbocycles. The van der Waals surface area contributed by atoms with E-state index in [9.17, 15) is 4.79 Å². The first-order chi connectivity index (χ1) is 10.2. The lowest BCUT2D eigenvalue weighted by molar-refractivity contribution is -0.129. The van der Waals surface area contributed by atoms with Gasteiger partial charge in [-0.2, -0.15) is 0 Å². The molecule has 1 unspecified atom stereocenters. The monoisotopic (exact) mass is 351 g/mol. The van der Waals surface area contributed by atoms with Crippen LogP contribution in [0.1, 0.15) is 25.3 Å². The second-order valence-electron chi connectivity index (χ2n) is 5.78. The summed E-state index contributed by atoms with van der Waals surface area (Å²) < 4.78 is 1.11. The third kappa shape index (κ3) is 3.09. The standard InChI is InChI=1S/C16H22BrN3O/c1-2-18-10-12-3-4-13(17)9-15(12)19-7-8-20-14(11-19)5-6-16(20)21/h3-4,9,14,18H,2,5-8,10-11H2,1H3. The summed E-state index contributed by atoms with van der Waals surface area (Å²) in [5.41, 5.74) is 2.63. The molecule has 1 atom stereocenters. The van der Waals surface area contributed by atoms with E-state index in [0.29, 0.717) is 11.9 Å². The van der Waals surface area contributed by atoms with E-state index in [0.717, 1.165) is 50.0 Å². The summed E-state index contributed by atoms with van der Waals surface area (Å²) in [5, 5.41) is 3.41. The van der Waals surface area contributed by atoms with E-state index in [1.54, 1.807) is 0 Å². The van der Waals surface area contributed by atoms with Crippen LogP contribution in [0.5, 0.6) is 0 Å². The Bertz CT molecular complexity index is 534. The molecule has 0 radical (unpaired) electrons. The molecule has 2 aliphatic rings. The van der Waals surface area contributed by atoms with E-state index in [2.05, 4.69) is 56.2 Å². The molecule has 0 spiro atoms. The lowest BCUT2D eigenvalue weighted by Crippen LogP contribution is -2.51.